The van der Waals surface area contributed by atoms with Gasteiger partial charge in [0.05, 0.1) is 7.95 Å². The van der Waals surface area contributed by atoms with Gasteiger partial charge in [-0.1, -0.05) is 0 Å². The van der Waals surface area contributed by atoms with Crippen molar-refractivity contribution >= 4 is 6.29 Å². The third kappa shape index (κ3) is 2.84. The number of carbonyl (C=O) groups excluding carboxylic acids is 1. The summed E-state index contributed by atoms with van der Waals surface area (Å²) in [5.74, 6) is 0. The van der Waals surface area contributed by atoms with Crippen LogP contribution in [0.5, 0.6) is 0 Å². The van der Waals surface area contributed by atoms with E-state index in [2.05, 4.69) is 0 Å². The fourth-order valence-corrected chi connectivity index (χ4v) is 0.573. The molecule has 5 atom stereocenters. The SMILES string of the molecule is [3H]C(O)[C@@H](O)[C@@H](O)[C@H](O)[C@@H](O)C=O. The van der Waals surface area contributed by atoms with E-state index in [4.69, 9.17) is 26.9 Å². The molecule has 12 heavy (non-hydrogen) atoms. The van der Waals surface area contributed by atoms with Gasteiger partial charge in [0.1, 0.15) is 24.4 Å². The second-order valence-electron chi connectivity index (χ2n) is 2.25. The van der Waals surface area contributed by atoms with Crippen LogP contribution in [0.1, 0.15) is 1.37 Å². The number of aliphatic hydroxyl groups excluding tert-OH is 5. The average Bonchev–Trinajstić information content (AvgIpc) is 2.12. The molecule has 6 nitrogen and oxygen atoms in total. The van der Waals surface area contributed by atoms with Gasteiger partial charge in [0.15, 0.2) is 6.29 Å². The van der Waals surface area contributed by atoms with Crippen molar-refractivity contribution in [3.8, 4) is 0 Å². The second-order valence-corrected chi connectivity index (χ2v) is 2.25. The Morgan fingerprint density at radius 3 is 2.08 bits per heavy atom. The fraction of sp³-hybridized carbons (Fsp3) is 0.833. The summed E-state index contributed by atoms with van der Waals surface area (Å²) in [6.45, 7) is -2.01. The molecule has 0 aliphatic carbocycles. The zero-order valence-electron chi connectivity index (χ0n) is 7.11. The average molecular weight is 182 g/mol. The molecule has 0 saturated heterocycles. The molecular formula is C6H12O6. The molecule has 0 radical (unpaired) electrons. The number of rotatable bonds is 5. The zero-order valence-corrected chi connectivity index (χ0v) is 6.11. The minimum atomic E-state index is -2.01. The summed E-state index contributed by atoms with van der Waals surface area (Å²) in [6.07, 6.45) is -7.70. The summed E-state index contributed by atoms with van der Waals surface area (Å²) in [6, 6.07) is 0. The Kier molecular flexibility index (Phi) is 4.12. The Morgan fingerprint density at radius 2 is 1.75 bits per heavy atom. The molecule has 0 spiro atoms. The maximum Gasteiger partial charge on any atom is 0.151 e. The van der Waals surface area contributed by atoms with Gasteiger partial charge in [-0.25, -0.2) is 0 Å². The van der Waals surface area contributed by atoms with Gasteiger partial charge in [-0.2, -0.15) is 0 Å². The lowest BCUT2D eigenvalue weighted by atomic mass is 10.0. The number of aliphatic hydroxyl groups is 5. The molecule has 72 valence electrons. The number of carbonyl (C=O) groups is 1. The Balaban J connectivity index is 4.23. The summed E-state index contributed by atoms with van der Waals surface area (Å²) in [5.41, 5.74) is 0. The standard InChI is InChI=1S/C6H12O6/c7-1-3(9)5(11)6(12)4(10)2-8/h1,3-6,8-12H,2H2/t3-,4+,5+,6+/m0/s1/i2T/t2?,3-,4+,5+,6+. The number of aldehydes is 1. The monoisotopic (exact) mass is 182 g/mol. The second kappa shape index (κ2) is 5.18. The van der Waals surface area contributed by atoms with Crippen molar-refractivity contribution in [1.29, 1.82) is 0 Å². The van der Waals surface area contributed by atoms with E-state index in [0.29, 0.717) is 0 Å². The molecule has 0 aliphatic rings. The Hall–Kier alpha value is -0.530. The van der Waals surface area contributed by atoms with Crippen LogP contribution in [0, 0.1) is 0 Å². The third-order valence-corrected chi connectivity index (χ3v) is 1.34. The normalized spacial score (nSPS) is 24.9. The van der Waals surface area contributed by atoms with E-state index in [1.807, 2.05) is 0 Å². The van der Waals surface area contributed by atoms with Crippen LogP contribution in [0.15, 0.2) is 0 Å². The van der Waals surface area contributed by atoms with Crippen LogP contribution in [0.25, 0.3) is 0 Å². The minimum Gasteiger partial charge on any atom is -0.394 e. The molecule has 0 amide bonds. The van der Waals surface area contributed by atoms with Gasteiger partial charge >= 0.3 is 0 Å². The smallest absolute Gasteiger partial charge is 0.151 e. The first-order chi connectivity index (χ1) is 5.91. The van der Waals surface area contributed by atoms with Crippen molar-refractivity contribution in [2.24, 2.45) is 0 Å². The van der Waals surface area contributed by atoms with E-state index in [0.717, 1.165) is 0 Å². The van der Waals surface area contributed by atoms with Crippen molar-refractivity contribution in [3.63, 3.8) is 0 Å². The van der Waals surface area contributed by atoms with Gasteiger partial charge in [0, 0.05) is 0 Å². The first-order valence-corrected chi connectivity index (χ1v) is 3.19. The van der Waals surface area contributed by atoms with Crippen molar-refractivity contribution in [2.75, 3.05) is 6.58 Å². The molecule has 0 fully saturated rings. The van der Waals surface area contributed by atoms with E-state index < -0.39 is 31.0 Å². The van der Waals surface area contributed by atoms with E-state index >= 15 is 0 Å². The van der Waals surface area contributed by atoms with Crippen LogP contribution in [0.4, 0.5) is 0 Å². The Labute approximate surface area is 70.1 Å². The highest BCUT2D eigenvalue weighted by Crippen LogP contribution is 2.02. The molecule has 0 aromatic heterocycles. The van der Waals surface area contributed by atoms with E-state index in [1.165, 1.54) is 0 Å². The molecular weight excluding hydrogens is 168 g/mol. The van der Waals surface area contributed by atoms with Crippen LogP contribution in [-0.4, -0.2) is 62.8 Å². The topological polar surface area (TPSA) is 118 Å². The predicted octanol–water partition coefficient (Wildman–Crippen LogP) is -3.38. The first kappa shape index (κ1) is 9.56. The predicted molar refractivity (Wildman–Crippen MR) is 37.2 cm³/mol. The molecule has 0 heterocycles. The molecule has 6 heteroatoms. The minimum absolute atomic E-state index is 0.0308. The van der Waals surface area contributed by atoms with Gasteiger partial charge in [-0.3, -0.25) is 0 Å². The van der Waals surface area contributed by atoms with Crippen LogP contribution in [-0.2, 0) is 4.79 Å². The molecule has 0 aromatic rings. The summed E-state index contributed by atoms with van der Waals surface area (Å²) in [7, 11) is 0. The van der Waals surface area contributed by atoms with Crippen LogP contribution >= 0.6 is 0 Å². The largest absolute Gasteiger partial charge is 0.394 e. The molecule has 0 aliphatic heterocycles. The van der Waals surface area contributed by atoms with Crippen LogP contribution in [0.2, 0.25) is 0 Å². The number of hydrogen-bond acceptors (Lipinski definition) is 6. The van der Waals surface area contributed by atoms with Crippen LogP contribution in [0.3, 0.4) is 0 Å². The van der Waals surface area contributed by atoms with Gasteiger partial charge < -0.3 is 30.3 Å². The van der Waals surface area contributed by atoms with Crippen molar-refractivity contribution in [1.82, 2.24) is 0 Å². The van der Waals surface area contributed by atoms with E-state index in [9.17, 15) is 4.79 Å². The van der Waals surface area contributed by atoms with Crippen molar-refractivity contribution < 1.29 is 31.7 Å². The summed E-state index contributed by atoms with van der Waals surface area (Å²) in [5, 5.41) is 43.9. The summed E-state index contributed by atoms with van der Waals surface area (Å²) < 4.78 is 6.57. The third-order valence-electron chi connectivity index (χ3n) is 1.34. The Bertz CT molecular complexity index is 163. The first-order valence-electron chi connectivity index (χ1n) is 3.77. The van der Waals surface area contributed by atoms with Crippen molar-refractivity contribution in [3.05, 3.63) is 0 Å². The van der Waals surface area contributed by atoms with Gasteiger partial charge in [-0.15, -0.1) is 0 Å². The Morgan fingerprint density at radius 1 is 1.25 bits per heavy atom. The van der Waals surface area contributed by atoms with Gasteiger partial charge in [0.25, 0.3) is 0 Å². The lowest BCUT2D eigenvalue weighted by molar-refractivity contribution is -0.136. The summed E-state index contributed by atoms with van der Waals surface area (Å²) >= 11 is 0. The van der Waals surface area contributed by atoms with E-state index in [1.54, 1.807) is 0 Å². The maximum atomic E-state index is 9.93. The molecule has 0 aromatic carbocycles. The number of hydrogen-bond donors (Lipinski definition) is 5. The quantitative estimate of drug-likeness (QED) is 0.283. The maximum absolute atomic E-state index is 9.93. The van der Waals surface area contributed by atoms with E-state index in [-0.39, 0.29) is 6.29 Å². The van der Waals surface area contributed by atoms with Gasteiger partial charge in [-0.05, 0) is 0 Å². The van der Waals surface area contributed by atoms with Crippen molar-refractivity contribution in [2.45, 2.75) is 24.4 Å². The van der Waals surface area contributed by atoms with Crippen LogP contribution < -0.4 is 0 Å². The molecule has 0 rings (SSSR count). The highest BCUT2D eigenvalue weighted by Gasteiger charge is 2.29. The lowest BCUT2D eigenvalue weighted by Crippen LogP contribution is -2.46. The zero-order chi connectivity index (χ0) is 10.6. The highest BCUT2D eigenvalue weighted by molar-refractivity contribution is 5.56. The molecule has 5 N–H and O–H groups in total. The molecule has 0 bridgehead atoms. The summed E-state index contributed by atoms with van der Waals surface area (Å²) in [4.78, 5) is 9.93. The van der Waals surface area contributed by atoms with Gasteiger partial charge in [0.2, 0.25) is 0 Å². The molecule has 0 saturated carbocycles. The highest BCUT2D eigenvalue weighted by atomic mass is 16.4. The lowest BCUT2D eigenvalue weighted by Gasteiger charge is -2.22. The molecule has 1 unspecified atom stereocenters. The fourth-order valence-electron chi connectivity index (χ4n) is 0.573.